The molecule has 0 spiro atoms. The molecule has 1 heterocycles. The molecule has 1 atom stereocenters. The van der Waals surface area contributed by atoms with Gasteiger partial charge in [-0.3, -0.25) is 4.90 Å². The Morgan fingerprint density at radius 2 is 2.19 bits per heavy atom. The van der Waals surface area contributed by atoms with E-state index in [9.17, 15) is 0 Å². The van der Waals surface area contributed by atoms with Gasteiger partial charge in [-0.2, -0.15) is 0 Å². The van der Waals surface area contributed by atoms with Gasteiger partial charge >= 0.3 is 0 Å². The van der Waals surface area contributed by atoms with Gasteiger partial charge in [0.05, 0.1) is 0 Å². The van der Waals surface area contributed by atoms with E-state index in [0.29, 0.717) is 5.15 Å². The maximum absolute atomic E-state index is 6.06. The zero-order valence-electron chi connectivity index (χ0n) is 10.4. The number of nitrogens with zero attached hydrogens (tertiary/aromatic N) is 2. The molecule has 0 N–H and O–H groups in total. The third-order valence-corrected chi connectivity index (χ3v) is 3.28. The summed E-state index contributed by atoms with van der Waals surface area (Å²) in [6.45, 7) is 9.77. The number of hydrogen-bond acceptors (Lipinski definition) is 2. The highest BCUT2D eigenvalue weighted by Crippen LogP contribution is 2.15. The average Bonchev–Trinajstić information content (AvgIpc) is 2.30. The molecule has 0 radical (unpaired) electrons. The molecule has 0 saturated carbocycles. The van der Waals surface area contributed by atoms with Gasteiger partial charge in [0.15, 0.2) is 0 Å². The van der Waals surface area contributed by atoms with Gasteiger partial charge in [-0.1, -0.05) is 44.9 Å². The summed E-state index contributed by atoms with van der Waals surface area (Å²) < 4.78 is 0. The third-order valence-electron chi connectivity index (χ3n) is 2.94. The smallest absolute Gasteiger partial charge is 0.133 e. The second-order valence-corrected chi connectivity index (χ2v) is 4.65. The minimum absolute atomic E-state index is 0.630. The van der Waals surface area contributed by atoms with Crippen molar-refractivity contribution < 1.29 is 0 Å². The first-order chi connectivity index (χ1) is 7.67. The van der Waals surface area contributed by atoms with Gasteiger partial charge in [0, 0.05) is 24.8 Å². The summed E-state index contributed by atoms with van der Waals surface area (Å²) in [6.07, 6.45) is 2.95. The van der Waals surface area contributed by atoms with Crippen LogP contribution < -0.4 is 0 Å². The number of rotatable bonds is 6. The van der Waals surface area contributed by atoms with E-state index in [1.165, 1.54) is 6.42 Å². The second-order valence-electron chi connectivity index (χ2n) is 4.29. The van der Waals surface area contributed by atoms with Crippen LogP contribution in [0.1, 0.15) is 32.8 Å². The average molecular weight is 241 g/mol. The van der Waals surface area contributed by atoms with Crippen LogP contribution in [0.3, 0.4) is 0 Å². The standard InChI is InChI=1S/C13H21ClN2/c1-4-11(3)9-16(5-2)10-12-7-6-8-15-13(12)14/h6-8,11H,4-5,9-10H2,1-3H3. The molecule has 1 rings (SSSR count). The molecule has 0 bridgehead atoms. The Kier molecular flexibility index (Phi) is 5.78. The van der Waals surface area contributed by atoms with E-state index in [1.54, 1.807) is 6.20 Å². The SMILES string of the molecule is CCC(C)CN(CC)Cc1cccnc1Cl. The van der Waals surface area contributed by atoms with Crippen molar-refractivity contribution in [2.45, 2.75) is 33.7 Å². The number of pyridine rings is 1. The number of halogens is 1. The second kappa shape index (κ2) is 6.87. The largest absolute Gasteiger partial charge is 0.299 e. The van der Waals surface area contributed by atoms with Crippen molar-refractivity contribution in [1.29, 1.82) is 0 Å². The molecule has 1 unspecified atom stereocenters. The molecule has 16 heavy (non-hydrogen) atoms. The predicted molar refractivity (Wildman–Crippen MR) is 69.7 cm³/mol. The summed E-state index contributed by atoms with van der Waals surface area (Å²) in [7, 11) is 0. The lowest BCUT2D eigenvalue weighted by Gasteiger charge is -2.23. The Hall–Kier alpha value is -0.600. The minimum Gasteiger partial charge on any atom is -0.299 e. The zero-order chi connectivity index (χ0) is 12.0. The summed E-state index contributed by atoms with van der Waals surface area (Å²) in [4.78, 5) is 6.52. The Labute approximate surface area is 104 Å². The van der Waals surface area contributed by atoms with Crippen LogP contribution in [0.5, 0.6) is 0 Å². The predicted octanol–water partition coefficient (Wildman–Crippen LogP) is 3.60. The van der Waals surface area contributed by atoms with Gasteiger partial charge in [-0.05, 0) is 18.5 Å². The monoisotopic (exact) mass is 240 g/mol. The molecule has 1 aromatic rings. The molecule has 0 aromatic carbocycles. The Bertz CT molecular complexity index is 315. The van der Waals surface area contributed by atoms with Crippen molar-refractivity contribution in [2.24, 2.45) is 5.92 Å². The fourth-order valence-corrected chi connectivity index (χ4v) is 1.83. The summed E-state index contributed by atoms with van der Waals surface area (Å²) in [5.41, 5.74) is 1.12. The Morgan fingerprint density at radius 1 is 1.44 bits per heavy atom. The van der Waals surface area contributed by atoms with Crippen LogP contribution in [-0.4, -0.2) is 23.0 Å². The molecule has 0 fully saturated rings. The Balaban J connectivity index is 2.60. The molecule has 0 aliphatic carbocycles. The van der Waals surface area contributed by atoms with E-state index < -0.39 is 0 Å². The number of aromatic nitrogens is 1. The number of hydrogen-bond donors (Lipinski definition) is 0. The molecule has 90 valence electrons. The highest BCUT2D eigenvalue weighted by atomic mass is 35.5. The highest BCUT2D eigenvalue weighted by Gasteiger charge is 2.09. The van der Waals surface area contributed by atoms with Gasteiger partial charge in [0.25, 0.3) is 0 Å². The van der Waals surface area contributed by atoms with E-state index in [1.807, 2.05) is 6.07 Å². The van der Waals surface area contributed by atoms with E-state index in [-0.39, 0.29) is 0 Å². The van der Waals surface area contributed by atoms with Crippen molar-refractivity contribution in [2.75, 3.05) is 13.1 Å². The van der Waals surface area contributed by atoms with E-state index in [0.717, 1.165) is 31.1 Å². The fraction of sp³-hybridized carbons (Fsp3) is 0.615. The first kappa shape index (κ1) is 13.5. The summed E-state index contributed by atoms with van der Waals surface area (Å²) in [5.74, 6) is 0.732. The van der Waals surface area contributed by atoms with Gasteiger partial charge in [0.1, 0.15) is 5.15 Å². The van der Waals surface area contributed by atoms with Gasteiger partial charge in [0.2, 0.25) is 0 Å². The maximum atomic E-state index is 6.06. The third kappa shape index (κ3) is 4.11. The molecule has 2 nitrogen and oxygen atoms in total. The van der Waals surface area contributed by atoms with Crippen molar-refractivity contribution in [3.8, 4) is 0 Å². The molecular weight excluding hydrogens is 220 g/mol. The van der Waals surface area contributed by atoms with E-state index >= 15 is 0 Å². The molecule has 0 saturated heterocycles. The first-order valence-electron chi connectivity index (χ1n) is 5.99. The first-order valence-corrected chi connectivity index (χ1v) is 6.36. The molecule has 0 aliphatic heterocycles. The maximum Gasteiger partial charge on any atom is 0.133 e. The van der Waals surface area contributed by atoms with Crippen LogP contribution in [0.4, 0.5) is 0 Å². The zero-order valence-corrected chi connectivity index (χ0v) is 11.2. The van der Waals surface area contributed by atoms with Crippen molar-refractivity contribution in [1.82, 2.24) is 9.88 Å². The molecular formula is C13H21ClN2. The summed E-state index contributed by atoms with van der Waals surface area (Å²) in [5, 5.41) is 0.630. The lowest BCUT2D eigenvalue weighted by molar-refractivity contribution is 0.238. The molecule has 1 aromatic heterocycles. The van der Waals surface area contributed by atoms with Gasteiger partial charge in [-0.15, -0.1) is 0 Å². The lowest BCUT2D eigenvalue weighted by Crippen LogP contribution is -2.28. The van der Waals surface area contributed by atoms with Crippen LogP contribution in [0.25, 0.3) is 0 Å². The van der Waals surface area contributed by atoms with Crippen molar-refractivity contribution in [3.05, 3.63) is 29.0 Å². The van der Waals surface area contributed by atoms with Gasteiger partial charge < -0.3 is 0 Å². The van der Waals surface area contributed by atoms with Crippen molar-refractivity contribution in [3.63, 3.8) is 0 Å². The van der Waals surface area contributed by atoms with Crippen LogP contribution in [0.2, 0.25) is 5.15 Å². The van der Waals surface area contributed by atoms with Crippen molar-refractivity contribution >= 4 is 11.6 Å². The van der Waals surface area contributed by atoms with Crippen LogP contribution in [0, 0.1) is 5.92 Å². The lowest BCUT2D eigenvalue weighted by atomic mass is 10.1. The molecule has 0 amide bonds. The minimum atomic E-state index is 0.630. The topological polar surface area (TPSA) is 16.1 Å². The van der Waals surface area contributed by atoms with Crippen LogP contribution in [0.15, 0.2) is 18.3 Å². The summed E-state index contributed by atoms with van der Waals surface area (Å²) >= 11 is 6.06. The van der Waals surface area contributed by atoms with Crippen LogP contribution in [-0.2, 0) is 6.54 Å². The normalized spacial score (nSPS) is 13.1. The summed E-state index contributed by atoms with van der Waals surface area (Å²) in [6, 6.07) is 3.99. The molecule has 0 aliphatic rings. The van der Waals surface area contributed by atoms with Crippen LogP contribution >= 0.6 is 11.6 Å². The fourth-order valence-electron chi connectivity index (χ4n) is 1.65. The highest BCUT2D eigenvalue weighted by molar-refractivity contribution is 6.30. The van der Waals surface area contributed by atoms with E-state index in [4.69, 9.17) is 11.6 Å². The Morgan fingerprint density at radius 3 is 2.75 bits per heavy atom. The van der Waals surface area contributed by atoms with Gasteiger partial charge in [-0.25, -0.2) is 4.98 Å². The van der Waals surface area contributed by atoms with E-state index in [2.05, 4.69) is 36.7 Å². The molecule has 3 heteroatoms. The quantitative estimate of drug-likeness (QED) is 0.707.